The summed E-state index contributed by atoms with van der Waals surface area (Å²) in [5, 5.41) is 10.7. The van der Waals surface area contributed by atoms with Gasteiger partial charge in [-0.2, -0.15) is 0 Å². The molecule has 0 saturated heterocycles. The van der Waals surface area contributed by atoms with Gasteiger partial charge in [-0.05, 0) is 17.9 Å². The first-order chi connectivity index (χ1) is 8.67. The molecule has 5 heteroatoms. The molecule has 86 valence electrons. The van der Waals surface area contributed by atoms with E-state index in [9.17, 15) is 10.1 Å². The van der Waals surface area contributed by atoms with Crippen LogP contribution in [0.25, 0.3) is 5.69 Å². The fourth-order valence-electron chi connectivity index (χ4n) is 1.54. The van der Waals surface area contributed by atoms with Crippen molar-refractivity contribution < 1.29 is 4.92 Å². The summed E-state index contributed by atoms with van der Waals surface area (Å²) in [5.41, 5.74) is 1.26. The van der Waals surface area contributed by atoms with Gasteiger partial charge in [0.1, 0.15) is 17.7 Å². The summed E-state index contributed by atoms with van der Waals surface area (Å²) in [6.07, 6.45) is 12.1. The molecule has 2 aromatic rings. The Bertz CT molecular complexity index is 702. The van der Waals surface area contributed by atoms with Crippen LogP contribution in [0.5, 0.6) is 0 Å². The van der Waals surface area contributed by atoms with Crippen LogP contribution < -0.4 is 0 Å². The second-order valence-corrected chi connectivity index (χ2v) is 3.38. The summed E-state index contributed by atoms with van der Waals surface area (Å²) >= 11 is 0. The van der Waals surface area contributed by atoms with Crippen molar-refractivity contribution >= 4 is 5.69 Å². The van der Waals surface area contributed by atoms with Crippen LogP contribution in [0, 0.1) is 34.8 Å². The molecule has 1 aromatic carbocycles. The standard InChI is InChI=1S/C13H7N3O2/c1-3-12-13(4-2)15(9-14-12)10-6-5-7-11(8-10)16(17)18/h1-2,5-9H. The zero-order chi connectivity index (χ0) is 13.1. The normalized spacial score (nSPS) is 9.44. The molecule has 0 aliphatic rings. The number of benzene rings is 1. The highest BCUT2D eigenvalue weighted by Gasteiger charge is 2.11. The van der Waals surface area contributed by atoms with Crippen LogP contribution in [-0.2, 0) is 0 Å². The second kappa shape index (κ2) is 4.44. The third-order valence-electron chi connectivity index (χ3n) is 2.36. The maximum Gasteiger partial charge on any atom is 0.271 e. The molecule has 0 unspecified atom stereocenters. The smallest absolute Gasteiger partial charge is 0.271 e. The highest BCUT2D eigenvalue weighted by atomic mass is 16.6. The summed E-state index contributed by atoms with van der Waals surface area (Å²) in [7, 11) is 0. The van der Waals surface area contributed by atoms with Crippen LogP contribution in [0.2, 0.25) is 0 Å². The number of hydrogen-bond acceptors (Lipinski definition) is 3. The Morgan fingerprint density at radius 3 is 2.72 bits per heavy atom. The van der Waals surface area contributed by atoms with Gasteiger partial charge < -0.3 is 0 Å². The van der Waals surface area contributed by atoms with Crippen molar-refractivity contribution in [3.63, 3.8) is 0 Å². The van der Waals surface area contributed by atoms with E-state index in [1.807, 2.05) is 0 Å². The topological polar surface area (TPSA) is 61.0 Å². The van der Waals surface area contributed by atoms with Crippen LogP contribution in [0.3, 0.4) is 0 Å². The van der Waals surface area contributed by atoms with Gasteiger partial charge in [-0.15, -0.1) is 12.8 Å². The summed E-state index contributed by atoms with van der Waals surface area (Å²) in [4.78, 5) is 14.2. The Labute approximate surface area is 103 Å². The van der Waals surface area contributed by atoms with Crippen molar-refractivity contribution in [3.8, 4) is 30.4 Å². The number of nitrogens with zero attached hydrogens (tertiary/aromatic N) is 3. The average molecular weight is 237 g/mol. The number of non-ortho nitro benzene ring substituents is 1. The molecule has 1 heterocycles. The largest absolute Gasteiger partial charge is 0.291 e. The van der Waals surface area contributed by atoms with Crippen LogP contribution in [0.4, 0.5) is 5.69 Å². The number of hydrogen-bond donors (Lipinski definition) is 0. The minimum atomic E-state index is -0.474. The van der Waals surface area contributed by atoms with Gasteiger partial charge in [-0.3, -0.25) is 14.7 Å². The fourth-order valence-corrected chi connectivity index (χ4v) is 1.54. The van der Waals surface area contributed by atoms with Gasteiger partial charge in [-0.25, -0.2) is 4.98 Å². The Morgan fingerprint density at radius 1 is 1.33 bits per heavy atom. The molecule has 0 aliphatic heterocycles. The first kappa shape index (κ1) is 11.4. The third-order valence-corrected chi connectivity index (χ3v) is 2.36. The van der Waals surface area contributed by atoms with Gasteiger partial charge in [0.15, 0.2) is 0 Å². The van der Waals surface area contributed by atoms with Crippen molar-refractivity contribution in [1.82, 2.24) is 9.55 Å². The minimum absolute atomic E-state index is 0.0218. The SMILES string of the molecule is C#Cc1ncn(-c2cccc([N+](=O)[O-])c2)c1C#C. The Hall–Kier alpha value is -3.05. The van der Waals surface area contributed by atoms with Crippen molar-refractivity contribution in [1.29, 1.82) is 0 Å². The quantitative estimate of drug-likeness (QED) is 0.454. The lowest BCUT2D eigenvalue weighted by molar-refractivity contribution is -0.384. The highest BCUT2D eigenvalue weighted by Crippen LogP contribution is 2.19. The van der Waals surface area contributed by atoms with E-state index in [0.29, 0.717) is 17.1 Å². The molecule has 5 nitrogen and oxygen atoms in total. The minimum Gasteiger partial charge on any atom is -0.291 e. The first-order valence-electron chi connectivity index (χ1n) is 4.92. The van der Waals surface area contributed by atoms with E-state index in [-0.39, 0.29) is 5.69 Å². The van der Waals surface area contributed by atoms with Crippen molar-refractivity contribution in [2.24, 2.45) is 0 Å². The van der Waals surface area contributed by atoms with E-state index < -0.39 is 4.92 Å². The molecule has 18 heavy (non-hydrogen) atoms. The van der Waals surface area contributed by atoms with Crippen LogP contribution in [0.15, 0.2) is 30.6 Å². The Kier molecular flexibility index (Phi) is 2.82. The molecule has 0 atom stereocenters. The van der Waals surface area contributed by atoms with E-state index in [4.69, 9.17) is 12.8 Å². The molecular formula is C13H7N3O2. The molecule has 0 bridgehead atoms. The van der Waals surface area contributed by atoms with E-state index >= 15 is 0 Å². The molecule has 0 fully saturated rings. The lowest BCUT2D eigenvalue weighted by atomic mass is 10.2. The number of rotatable bonds is 2. The van der Waals surface area contributed by atoms with Crippen molar-refractivity contribution in [2.75, 3.05) is 0 Å². The van der Waals surface area contributed by atoms with Crippen LogP contribution in [0.1, 0.15) is 11.4 Å². The summed E-state index contributed by atoms with van der Waals surface area (Å²) in [5.74, 6) is 4.80. The van der Waals surface area contributed by atoms with E-state index in [1.54, 1.807) is 16.7 Å². The second-order valence-electron chi connectivity index (χ2n) is 3.38. The summed E-state index contributed by atoms with van der Waals surface area (Å²) in [6, 6.07) is 6.07. The molecule has 0 spiro atoms. The molecule has 0 aliphatic carbocycles. The first-order valence-corrected chi connectivity index (χ1v) is 4.92. The van der Waals surface area contributed by atoms with Crippen molar-refractivity contribution in [2.45, 2.75) is 0 Å². The van der Waals surface area contributed by atoms with Crippen LogP contribution in [-0.4, -0.2) is 14.5 Å². The van der Waals surface area contributed by atoms with Gasteiger partial charge in [0.25, 0.3) is 5.69 Å². The molecule has 0 amide bonds. The maximum absolute atomic E-state index is 10.7. The zero-order valence-electron chi connectivity index (χ0n) is 9.20. The predicted octanol–water partition coefficient (Wildman–Crippen LogP) is 1.74. The Balaban J connectivity index is 2.60. The fraction of sp³-hybridized carbons (Fsp3) is 0. The summed E-state index contributed by atoms with van der Waals surface area (Å²) < 4.78 is 1.54. The van der Waals surface area contributed by atoms with Gasteiger partial charge in [-0.1, -0.05) is 6.07 Å². The number of terminal acetylenes is 2. The molecule has 0 N–H and O–H groups in total. The summed E-state index contributed by atoms with van der Waals surface area (Å²) in [6.45, 7) is 0. The van der Waals surface area contributed by atoms with Gasteiger partial charge in [0.05, 0.1) is 10.6 Å². The van der Waals surface area contributed by atoms with E-state index in [0.717, 1.165) is 0 Å². The van der Waals surface area contributed by atoms with Crippen molar-refractivity contribution in [3.05, 3.63) is 52.1 Å². The molecule has 0 saturated carbocycles. The van der Waals surface area contributed by atoms with Gasteiger partial charge >= 0.3 is 0 Å². The van der Waals surface area contributed by atoms with E-state index in [2.05, 4.69) is 16.8 Å². The number of nitro groups is 1. The Morgan fingerprint density at radius 2 is 2.11 bits per heavy atom. The highest BCUT2D eigenvalue weighted by molar-refractivity contribution is 5.49. The average Bonchev–Trinajstić information content (AvgIpc) is 2.81. The lowest BCUT2D eigenvalue weighted by Crippen LogP contribution is -1.98. The molecule has 0 radical (unpaired) electrons. The molecule has 1 aromatic heterocycles. The van der Waals surface area contributed by atoms with Gasteiger partial charge in [0, 0.05) is 12.1 Å². The monoisotopic (exact) mass is 237 g/mol. The molecular weight excluding hydrogens is 230 g/mol. The molecule has 2 rings (SSSR count). The number of nitro benzene ring substituents is 1. The van der Waals surface area contributed by atoms with Gasteiger partial charge in [0.2, 0.25) is 0 Å². The predicted molar refractivity (Wildman–Crippen MR) is 66.1 cm³/mol. The number of aromatic nitrogens is 2. The lowest BCUT2D eigenvalue weighted by Gasteiger charge is -2.03. The van der Waals surface area contributed by atoms with Crippen LogP contribution >= 0.6 is 0 Å². The third kappa shape index (κ3) is 1.81. The zero-order valence-corrected chi connectivity index (χ0v) is 9.20. The number of imidazole rings is 1. The van der Waals surface area contributed by atoms with E-state index in [1.165, 1.54) is 18.5 Å². The maximum atomic E-state index is 10.7.